The summed E-state index contributed by atoms with van der Waals surface area (Å²) in [6.07, 6.45) is 5.91. The van der Waals surface area contributed by atoms with Gasteiger partial charge in [0.15, 0.2) is 0 Å². The lowest BCUT2D eigenvalue weighted by molar-refractivity contribution is -0.127. The highest BCUT2D eigenvalue weighted by atomic mass is 35.5. The Labute approximate surface area is 111 Å². The molecule has 0 aromatic heterocycles. The van der Waals surface area contributed by atoms with Crippen molar-refractivity contribution in [2.24, 2.45) is 11.3 Å². The molecule has 1 aliphatic carbocycles. The van der Waals surface area contributed by atoms with E-state index >= 15 is 0 Å². The average Bonchev–Trinajstić information content (AvgIpc) is 2.12. The Morgan fingerprint density at radius 3 is 2.59 bits per heavy atom. The van der Waals surface area contributed by atoms with Crippen molar-refractivity contribution in [1.82, 2.24) is 10.6 Å². The average molecular weight is 261 g/mol. The predicted octanol–water partition coefficient (Wildman–Crippen LogP) is 2.10. The number of rotatable bonds is 3. The molecule has 1 saturated heterocycles. The van der Waals surface area contributed by atoms with Crippen molar-refractivity contribution in [1.29, 1.82) is 0 Å². The maximum Gasteiger partial charge on any atom is 0.223 e. The zero-order valence-corrected chi connectivity index (χ0v) is 11.7. The van der Waals surface area contributed by atoms with Crippen LogP contribution in [0.15, 0.2) is 0 Å². The van der Waals surface area contributed by atoms with Gasteiger partial charge in [-0.2, -0.15) is 0 Å². The zero-order valence-electron chi connectivity index (χ0n) is 10.9. The molecule has 0 aromatic carbocycles. The monoisotopic (exact) mass is 260 g/mol. The van der Waals surface area contributed by atoms with Crippen LogP contribution in [-0.2, 0) is 4.79 Å². The van der Waals surface area contributed by atoms with Crippen molar-refractivity contribution in [3.63, 3.8) is 0 Å². The minimum absolute atomic E-state index is 0. The van der Waals surface area contributed by atoms with Crippen LogP contribution in [0.1, 0.15) is 46.0 Å². The third kappa shape index (κ3) is 3.59. The fourth-order valence-corrected chi connectivity index (χ4v) is 2.64. The van der Waals surface area contributed by atoms with Crippen molar-refractivity contribution in [2.75, 3.05) is 13.1 Å². The van der Waals surface area contributed by atoms with Crippen LogP contribution in [0.25, 0.3) is 0 Å². The summed E-state index contributed by atoms with van der Waals surface area (Å²) in [5, 5.41) is 6.63. The van der Waals surface area contributed by atoms with E-state index in [0.717, 1.165) is 25.9 Å². The van der Waals surface area contributed by atoms with E-state index in [1.165, 1.54) is 19.3 Å². The van der Waals surface area contributed by atoms with Crippen molar-refractivity contribution in [3.05, 3.63) is 0 Å². The largest absolute Gasteiger partial charge is 0.354 e. The number of amides is 1. The normalized spacial score (nSPS) is 27.8. The topological polar surface area (TPSA) is 41.1 Å². The van der Waals surface area contributed by atoms with Crippen LogP contribution < -0.4 is 10.6 Å². The molecule has 3 nitrogen and oxygen atoms in total. The molecular weight excluding hydrogens is 236 g/mol. The highest BCUT2D eigenvalue weighted by Gasteiger charge is 2.33. The summed E-state index contributed by atoms with van der Waals surface area (Å²) >= 11 is 0. The van der Waals surface area contributed by atoms with Crippen molar-refractivity contribution in [3.8, 4) is 0 Å². The van der Waals surface area contributed by atoms with E-state index in [9.17, 15) is 4.79 Å². The lowest BCUT2D eigenvalue weighted by atomic mass is 9.77. The molecule has 2 fully saturated rings. The SMILES string of the molecule is CC1(C)CCCNC1CNC(=O)C1CCC1.Cl. The van der Waals surface area contributed by atoms with Gasteiger partial charge in [0, 0.05) is 18.5 Å². The van der Waals surface area contributed by atoms with Gasteiger partial charge in [-0.1, -0.05) is 20.3 Å². The van der Waals surface area contributed by atoms with E-state index in [1.54, 1.807) is 0 Å². The van der Waals surface area contributed by atoms with Gasteiger partial charge in [0.05, 0.1) is 0 Å². The summed E-state index contributed by atoms with van der Waals surface area (Å²) in [7, 11) is 0. The Morgan fingerprint density at radius 2 is 2.06 bits per heavy atom. The van der Waals surface area contributed by atoms with Gasteiger partial charge in [-0.05, 0) is 37.6 Å². The summed E-state index contributed by atoms with van der Waals surface area (Å²) in [5.74, 6) is 0.584. The number of nitrogens with one attached hydrogen (secondary N) is 2. The van der Waals surface area contributed by atoms with E-state index < -0.39 is 0 Å². The Balaban J connectivity index is 0.00000144. The van der Waals surface area contributed by atoms with Crippen LogP contribution in [0.4, 0.5) is 0 Å². The molecule has 0 radical (unpaired) electrons. The van der Waals surface area contributed by atoms with Crippen molar-refractivity contribution >= 4 is 18.3 Å². The second-order valence-electron chi connectivity index (χ2n) is 5.97. The minimum Gasteiger partial charge on any atom is -0.354 e. The van der Waals surface area contributed by atoms with Gasteiger partial charge in [0.2, 0.25) is 5.91 Å². The van der Waals surface area contributed by atoms with E-state index in [-0.39, 0.29) is 18.3 Å². The van der Waals surface area contributed by atoms with Crippen LogP contribution >= 0.6 is 12.4 Å². The van der Waals surface area contributed by atoms with Gasteiger partial charge in [-0.3, -0.25) is 4.79 Å². The summed E-state index contributed by atoms with van der Waals surface area (Å²) < 4.78 is 0. The van der Waals surface area contributed by atoms with Crippen LogP contribution in [0.2, 0.25) is 0 Å². The van der Waals surface area contributed by atoms with Crippen LogP contribution in [0.3, 0.4) is 0 Å². The van der Waals surface area contributed by atoms with Gasteiger partial charge in [-0.25, -0.2) is 0 Å². The molecule has 0 aromatic rings. The Hall–Kier alpha value is -0.280. The van der Waals surface area contributed by atoms with Crippen molar-refractivity contribution in [2.45, 2.75) is 52.0 Å². The third-order valence-electron chi connectivity index (χ3n) is 4.29. The lowest BCUT2D eigenvalue weighted by Gasteiger charge is -2.40. The number of halogens is 1. The van der Waals surface area contributed by atoms with Gasteiger partial charge in [-0.15, -0.1) is 12.4 Å². The molecule has 1 saturated carbocycles. The maximum atomic E-state index is 11.7. The lowest BCUT2D eigenvalue weighted by Crippen LogP contribution is -2.53. The summed E-state index contributed by atoms with van der Waals surface area (Å²) in [4.78, 5) is 11.7. The highest BCUT2D eigenvalue weighted by Crippen LogP contribution is 2.30. The first-order valence-corrected chi connectivity index (χ1v) is 6.61. The summed E-state index contributed by atoms with van der Waals surface area (Å²) in [5.41, 5.74) is 0.311. The van der Waals surface area contributed by atoms with Gasteiger partial charge in [0.1, 0.15) is 0 Å². The molecule has 2 rings (SSSR count). The molecule has 1 atom stereocenters. The molecule has 17 heavy (non-hydrogen) atoms. The second-order valence-corrected chi connectivity index (χ2v) is 5.97. The molecule has 4 heteroatoms. The maximum absolute atomic E-state index is 11.7. The predicted molar refractivity (Wildman–Crippen MR) is 72.4 cm³/mol. The second kappa shape index (κ2) is 6.05. The molecular formula is C13H25ClN2O. The molecule has 1 heterocycles. The van der Waals surface area contributed by atoms with Gasteiger partial charge < -0.3 is 10.6 Å². The summed E-state index contributed by atoms with van der Waals surface area (Å²) in [6, 6.07) is 0.435. The fraction of sp³-hybridized carbons (Fsp3) is 0.923. The molecule has 0 spiro atoms. The van der Waals surface area contributed by atoms with Crippen LogP contribution in [0.5, 0.6) is 0 Å². The first kappa shape index (κ1) is 14.8. The molecule has 100 valence electrons. The molecule has 1 aliphatic heterocycles. The van der Waals surface area contributed by atoms with E-state index in [2.05, 4.69) is 24.5 Å². The number of hydrogen-bond acceptors (Lipinski definition) is 2. The molecule has 0 bridgehead atoms. The number of hydrogen-bond donors (Lipinski definition) is 2. The number of carbonyl (C=O) groups is 1. The van der Waals surface area contributed by atoms with Crippen LogP contribution in [-0.4, -0.2) is 25.0 Å². The molecule has 2 N–H and O–H groups in total. The fourth-order valence-electron chi connectivity index (χ4n) is 2.64. The van der Waals surface area contributed by atoms with Crippen LogP contribution in [0, 0.1) is 11.3 Å². The van der Waals surface area contributed by atoms with Crippen molar-refractivity contribution < 1.29 is 4.79 Å². The quantitative estimate of drug-likeness (QED) is 0.816. The number of carbonyl (C=O) groups excluding carboxylic acids is 1. The first-order valence-electron chi connectivity index (χ1n) is 6.61. The Bertz CT molecular complexity index is 264. The summed E-state index contributed by atoms with van der Waals surface area (Å²) in [6.45, 7) is 6.47. The molecule has 2 aliphatic rings. The Morgan fingerprint density at radius 1 is 1.35 bits per heavy atom. The van der Waals surface area contributed by atoms with Gasteiger partial charge in [0.25, 0.3) is 0 Å². The standard InChI is InChI=1S/C13H24N2O.ClH/c1-13(2)7-4-8-14-11(13)9-15-12(16)10-5-3-6-10;/h10-11,14H,3-9H2,1-2H3,(H,15,16);1H. The molecule has 1 unspecified atom stereocenters. The Kier molecular flexibility index (Phi) is 5.26. The van der Waals surface area contributed by atoms with E-state index in [1.807, 2.05) is 0 Å². The number of piperidine rings is 1. The smallest absolute Gasteiger partial charge is 0.223 e. The minimum atomic E-state index is 0. The zero-order chi connectivity index (χ0) is 11.6. The molecule has 1 amide bonds. The third-order valence-corrected chi connectivity index (χ3v) is 4.29. The highest BCUT2D eigenvalue weighted by molar-refractivity contribution is 5.85. The first-order chi connectivity index (χ1) is 7.59. The van der Waals surface area contributed by atoms with E-state index in [4.69, 9.17) is 0 Å². The van der Waals surface area contributed by atoms with E-state index in [0.29, 0.717) is 17.4 Å². The van der Waals surface area contributed by atoms with Gasteiger partial charge >= 0.3 is 0 Å².